The van der Waals surface area contributed by atoms with Crippen molar-refractivity contribution in [1.29, 1.82) is 0 Å². The molecule has 3 heteroatoms. The van der Waals surface area contributed by atoms with Crippen molar-refractivity contribution in [2.24, 2.45) is 0 Å². The first-order chi connectivity index (χ1) is 7.31. The number of rotatable bonds is 3. The maximum Gasteiger partial charge on any atom is 0.124 e. The summed E-state index contributed by atoms with van der Waals surface area (Å²) in [4.78, 5) is 0. The molecule has 0 spiro atoms. The highest BCUT2D eigenvalue weighted by atomic mass is 16.5. The second-order valence-electron chi connectivity index (χ2n) is 3.87. The standard InChI is InChI=1S/C12H17NO2/c1-3-8-10(7-14)13-9-5-4-6-11(15-2)12(8)9/h4-6,8,10,13-14H,3,7H2,1-2H3. The van der Waals surface area contributed by atoms with Crippen LogP contribution < -0.4 is 10.1 Å². The summed E-state index contributed by atoms with van der Waals surface area (Å²) in [6.45, 7) is 2.30. The lowest BCUT2D eigenvalue weighted by molar-refractivity contribution is 0.260. The first kappa shape index (κ1) is 10.3. The normalized spacial score (nSPS) is 23.4. The predicted molar refractivity (Wildman–Crippen MR) is 60.5 cm³/mol. The summed E-state index contributed by atoms with van der Waals surface area (Å²) in [6, 6.07) is 6.11. The summed E-state index contributed by atoms with van der Waals surface area (Å²) in [5.74, 6) is 1.27. The van der Waals surface area contributed by atoms with E-state index in [1.165, 1.54) is 5.56 Å². The number of methoxy groups -OCH3 is 1. The van der Waals surface area contributed by atoms with Crippen LogP contribution in [0.5, 0.6) is 5.75 Å². The molecule has 2 atom stereocenters. The van der Waals surface area contributed by atoms with Gasteiger partial charge in [0.1, 0.15) is 5.75 Å². The van der Waals surface area contributed by atoms with Gasteiger partial charge in [-0.1, -0.05) is 13.0 Å². The predicted octanol–water partition coefficient (Wildman–Crippen LogP) is 1.98. The molecular formula is C12H17NO2. The monoisotopic (exact) mass is 207 g/mol. The zero-order chi connectivity index (χ0) is 10.8. The Labute approximate surface area is 90.1 Å². The summed E-state index contributed by atoms with van der Waals surface area (Å²) in [5.41, 5.74) is 2.31. The van der Waals surface area contributed by atoms with Gasteiger partial charge in [0, 0.05) is 17.2 Å². The summed E-state index contributed by atoms with van der Waals surface area (Å²) in [5, 5.41) is 12.6. The van der Waals surface area contributed by atoms with Gasteiger partial charge in [-0.3, -0.25) is 0 Å². The van der Waals surface area contributed by atoms with E-state index in [-0.39, 0.29) is 12.6 Å². The summed E-state index contributed by atoms with van der Waals surface area (Å²) in [7, 11) is 1.69. The van der Waals surface area contributed by atoms with Crippen LogP contribution in [0.1, 0.15) is 24.8 Å². The van der Waals surface area contributed by atoms with Crippen LogP contribution in [0.2, 0.25) is 0 Å². The van der Waals surface area contributed by atoms with Crippen molar-refractivity contribution in [2.75, 3.05) is 19.0 Å². The first-order valence-electron chi connectivity index (χ1n) is 5.36. The van der Waals surface area contributed by atoms with Gasteiger partial charge >= 0.3 is 0 Å². The Balaban J connectivity index is 2.43. The van der Waals surface area contributed by atoms with Crippen molar-refractivity contribution in [3.8, 4) is 5.75 Å². The Morgan fingerprint density at radius 2 is 2.27 bits per heavy atom. The van der Waals surface area contributed by atoms with Crippen LogP contribution >= 0.6 is 0 Å². The number of hydrogen-bond acceptors (Lipinski definition) is 3. The minimum atomic E-state index is 0.126. The topological polar surface area (TPSA) is 41.5 Å². The molecule has 1 heterocycles. The molecule has 82 valence electrons. The SMILES string of the molecule is CCC1c2c(cccc2OC)NC1CO. The van der Waals surface area contributed by atoms with E-state index in [1.807, 2.05) is 18.2 Å². The molecule has 0 aliphatic carbocycles. The minimum Gasteiger partial charge on any atom is -0.496 e. The fourth-order valence-corrected chi connectivity index (χ4v) is 2.39. The van der Waals surface area contributed by atoms with Gasteiger partial charge in [0.25, 0.3) is 0 Å². The minimum absolute atomic E-state index is 0.126. The van der Waals surface area contributed by atoms with Crippen molar-refractivity contribution >= 4 is 5.69 Å². The number of ether oxygens (including phenoxy) is 1. The molecule has 2 rings (SSSR count). The molecule has 2 unspecified atom stereocenters. The van der Waals surface area contributed by atoms with Gasteiger partial charge in [-0.15, -0.1) is 0 Å². The second kappa shape index (κ2) is 4.11. The van der Waals surface area contributed by atoms with E-state index in [9.17, 15) is 5.11 Å². The molecule has 0 saturated heterocycles. The van der Waals surface area contributed by atoms with E-state index in [4.69, 9.17) is 4.74 Å². The number of anilines is 1. The highest BCUT2D eigenvalue weighted by molar-refractivity contribution is 5.64. The van der Waals surface area contributed by atoms with Gasteiger partial charge in [-0.05, 0) is 18.6 Å². The summed E-state index contributed by atoms with van der Waals surface area (Å²) < 4.78 is 5.36. The molecule has 0 fully saturated rings. The third-order valence-electron chi connectivity index (χ3n) is 3.12. The largest absolute Gasteiger partial charge is 0.496 e. The fraction of sp³-hybridized carbons (Fsp3) is 0.500. The molecule has 0 radical (unpaired) electrons. The van der Waals surface area contributed by atoms with Crippen LogP contribution in [0.25, 0.3) is 0 Å². The lowest BCUT2D eigenvalue weighted by atomic mass is 9.92. The Hall–Kier alpha value is -1.22. The highest BCUT2D eigenvalue weighted by Gasteiger charge is 2.32. The fourth-order valence-electron chi connectivity index (χ4n) is 2.39. The first-order valence-corrected chi connectivity index (χ1v) is 5.36. The number of benzene rings is 1. The number of aliphatic hydroxyl groups excluding tert-OH is 1. The van der Waals surface area contributed by atoms with Gasteiger partial charge in [0.2, 0.25) is 0 Å². The molecule has 1 aliphatic rings. The van der Waals surface area contributed by atoms with Crippen LogP contribution in [0.3, 0.4) is 0 Å². The molecule has 0 bridgehead atoms. The molecule has 0 amide bonds. The Bertz CT molecular complexity index is 351. The Morgan fingerprint density at radius 1 is 1.47 bits per heavy atom. The number of nitrogens with one attached hydrogen (secondary N) is 1. The van der Waals surface area contributed by atoms with Crippen LogP contribution in [-0.2, 0) is 0 Å². The highest BCUT2D eigenvalue weighted by Crippen LogP contribution is 2.43. The smallest absolute Gasteiger partial charge is 0.124 e. The van der Waals surface area contributed by atoms with Gasteiger partial charge in [0.05, 0.1) is 19.8 Å². The van der Waals surface area contributed by atoms with Crippen molar-refractivity contribution < 1.29 is 9.84 Å². The van der Waals surface area contributed by atoms with Crippen molar-refractivity contribution in [3.63, 3.8) is 0 Å². The summed E-state index contributed by atoms with van der Waals surface area (Å²) in [6.07, 6.45) is 1.01. The molecule has 0 aromatic heterocycles. The van der Waals surface area contributed by atoms with Crippen molar-refractivity contribution in [2.45, 2.75) is 25.3 Å². The van der Waals surface area contributed by atoms with Crippen LogP contribution in [-0.4, -0.2) is 24.9 Å². The maximum absolute atomic E-state index is 9.30. The van der Waals surface area contributed by atoms with Crippen LogP contribution in [0.4, 0.5) is 5.69 Å². The van der Waals surface area contributed by atoms with E-state index in [0.717, 1.165) is 17.9 Å². The Kier molecular flexibility index (Phi) is 2.82. The molecule has 1 aromatic carbocycles. The zero-order valence-corrected chi connectivity index (χ0v) is 9.16. The average Bonchev–Trinajstić information content (AvgIpc) is 2.66. The molecule has 3 nitrogen and oxygen atoms in total. The van der Waals surface area contributed by atoms with E-state index in [1.54, 1.807) is 7.11 Å². The molecule has 2 N–H and O–H groups in total. The molecule has 0 saturated carbocycles. The van der Waals surface area contributed by atoms with Crippen molar-refractivity contribution in [1.82, 2.24) is 0 Å². The number of aliphatic hydroxyl groups is 1. The van der Waals surface area contributed by atoms with Gasteiger partial charge in [0.15, 0.2) is 0 Å². The van der Waals surface area contributed by atoms with Gasteiger partial charge in [-0.25, -0.2) is 0 Å². The third kappa shape index (κ3) is 1.57. The molecule has 1 aromatic rings. The average molecular weight is 207 g/mol. The van der Waals surface area contributed by atoms with Crippen molar-refractivity contribution in [3.05, 3.63) is 23.8 Å². The molecule has 1 aliphatic heterocycles. The number of fused-ring (bicyclic) bond motifs is 1. The van der Waals surface area contributed by atoms with Gasteiger partial charge in [-0.2, -0.15) is 0 Å². The van der Waals surface area contributed by atoms with E-state index >= 15 is 0 Å². The lowest BCUT2D eigenvalue weighted by Crippen LogP contribution is -2.24. The molecular weight excluding hydrogens is 190 g/mol. The maximum atomic E-state index is 9.30. The van der Waals surface area contributed by atoms with Crippen LogP contribution in [0, 0.1) is 0 Å². The zero-order valence-electron chi connectivity index (χ0n) is 9.16. The van der Waals surface area contributed by atoms with E-state index in [2.05, 4.69) is 12.2 Å². The van der Waals surface area contributed by atoms with E-state index < -0.39 is 0 Å². The van der Waals surface area contributed by atoms with Gasteiger partial charge < -0.3 is 15.2 Å². The third-order valence-corrected chi connectivity index (χ3v) is 3.12. The summed E-state index contributed by atoms with van der Waals surface area (Å²) >= 11 is 0. The second-order valence-corrected chi connectivity index (χ2v) is 3.87. The number of hydrogen-bond donors (Lipinski definition) is 2. The lowest BCUT2D eigenvalue weighted by Gasteiger charge is -2.17. The Morgan fingerprint density at radius 3 is 2.87 bits per heavy atom. The van der Waals surface area contributed by atoms with Crippen LogP contribution in [0.15, 0.2) is 18.2 Å². The molecule has 15 heavy (non-hydrogen) atoms. The quantitative estimate of drug-likeness (QED) is 0.796. The van der Waals surface area contributed by atoms with E-state index in [0.29, 0.717) is 5.92 Å².